The SMILES string of the molecule is CN1CC(=O)CC(c2ccncc2)=N1. The van der Waals surface area contributed by atoms with Gasteiger partial charge in [-0.25, -0.2) is 0 Å². The molecule has 0 fully saturated rings. The van der Waals surface area contributed by atoms with Gasteiger partial charge < -0.3 is 0 Å². The molecule has 0 bridgehead atoms. The number of hydrogen-bond acceptors (Lipinski definition) is 4. The van der Waals surface area contributed by atoms with Gasteiger partial charge in [-0.05, 0) is 12.1 Å². The van der Waals surface area contributed by atoms with Crippen LogP contribution in [0.3, 0.4) is 0 Å². The minimum absolute atomic E-state index is 0.203. The lowest BCUT2D eigenvalue weighted by molar-refractivity contribution is -0.119. The van der Waals surface area contributed by atoms with Gasteiger partial charge in [-0.15, -0.1) is 0 Å². The van der Waals surface area contributed by atoms with Crippen molar-refractivity contribution >= 4 is 11.5 Å². The monoisotopic (exact) mass is 189 g/mol. The highest BCUT2D eigenvalue weighted by molar-refractivity contribution is 6.12. The first-order chi connectivity index (χ1) is 6.75. The Balaban J connectivity index is 2.31. The third-order valence-electron chi connectivity index (χ3n) is 2.07. The minimum atomic E-state index is 0.203. The van der Waals surface area contributed by atoms with Crippen LogP contribution in [0.15, 0.2) is 29.6 Å². The van der Waals surface area contributed by atoms with Crippen LogP contribution in [0, 0.1) is 0 Å². The van der Waals surface area contributed by atoms with E-state index in [2.05, 4.69) is 10.1 Å². The fourth-order valence-corrected chi connectivity index (χ4v) is 1.48. The maximum Gasteiger partial charge on any atom is 0.159 e. The molecule has 0 aliphatic carbocycles. The summed E-state index contributed by atoms with van der Waals surface area (Å²) in [7, 11) is 1.80. The molecule has 1 aliphatic heterocycles. The van der Waals surface area contributed by atoms with Crippen molar-refractivity contribution in [3.05, 3.63) is 30.1 Å². The molecule has 0 amide bonds. The third-order valence-corrected chi connectivity index (χ3v) is 2.07. The van der Waals surface area contributed by atoms with Crippen LogP contribution in [-0.2, 0) is 4.79 Å². The number of nitrogens with zero attached hydrogens (tertiary/aromatic N) is 3. The average molecular weight is 189 g/mol. The Bertz CT molecular complexity index is 372. The van der Waals surface area contributed by atoms with Crippen molar-refractivity contribution in [1.29, 1.82) is 0 Å². The standard InChI is InChI=1S/C10H11N3O/c1-13-7-9(14)6-10(12-13)8-2-4-11-5-3-8/h2-5H,6-7H2,1H3. The first-order valence-electron chi connectivity index (χ1n) is 4.46. The van der Waals surface area contributed by atoms with Crippen LogP contribution in [0.2, 0.25) is 0 Å². The quantitative estimate of drug-likeness (QED) is 0.653. The zero-order valence-corrected chi connectivity index (χ0v) is 7.97. The molecule has 14 heavy (non-hydrogen) atoms. The molecular formula is C10H11N3O. The molecule has 0 N–H and O–H groups in total. The van der Waals surface area contributed by atoms with E-state index in [-0.39, 0.29) is 5.78 Å². The van der Waals surface area contributed by atoms with Crippen LogP contribution in [0.4, 0.5) is 0 Å². The van der Waals surface area contributed by atoms with Crippen molar-refractivity contribution in [2.24, 2.45) is 5.10 Å². The summed E-state index contributed by atoms with van der Waals surface area (Å²) in [5, 5.41) is 5.97. The van der Waals surface area contributed by atoms with Crippen LogP contribution in [0.5, 0.6) is 0 Å². The predicted molar refractivity (Wildman–Crippen MR) is 53.0 cm³/mol. The van der Waals surface area contributed by atoms with Gasteiger partial charge in [0.15, 0.2) is 5.78 Å². The van der Waals surface area contributed by atoms with Gasteiger partial charge in [0.05, 0.1) is 18.7 Å². The number of carbonyl (C=O) groups excluding carboxylic acids is 1. The third kappa shape index (κ3) is 1.79. The highest BCUT2D eigenvalue weighted by atomic mass is 16.1. The summed E-state index contributed by atoms with van der Waals surface area (Å²) in [4.78, 5) is 15.2. The smallest absolute Gasteiger partial charge is 0.159 e. The van der Waals surface area contributed by atoms with Crippen LogP contribution >= 0.6 is 0 Å². The zero-order valence-electron chi connectivity index (χ0n) is 7.97. The number of hydrazone groups is 1. The summed E-state index contributed by atoms with van der Waals surface area (Å²) in [6.45, 7) is 0.411. The molecule has 2 heterocycles. The first kappa shape index (κ1) is 8.87. The Labute approximate surface area is 82.3 Å². The zero-order chi connectivity index (χ0) is 9.97. The number of carbonyl (C=O) groups is 1. The summed E-state index contributed by atoms with van der Waals surface area (Å²) in [5.41, 5.74) is 1.80. The Kier molecular flexibility index (Phi) is 2.26. The lowest BCUT2D eigenvalue weighted by atomic mass is 10.1. The van der Waals surface area contributed by atoms with Crippen molar-refractivity contribution < 1.29 is 4.79 Å². The lowest BCUT2D eigenvalue weighted by Gasteiger charge is -2.20. The Morgan fingerprint density at radius 3 is 2.71 bits per heavy atom. The van der Waals surface area contributed by atoms with E-state index in [0.717, 1.165) is 11.3 Å². The molecule has 1 aliphatic rings. The van der Waals surface area contributed by atoms with E-state index in [4.69, 9.17) is 0 Å². The number of aromatic nitrogens is 1. The highest BCUT2D eigenvalue weighted by Crippen LogP contribution is 2.09. The highest BCUT2D eigenvalue weighted by Gasteiger charge is 2.17. The maximum atomic E-state index is 11.3. The van der Waals surface area contributed by atoms with E-state index in [1.807, 2.05) is 12.1 Å². The Morgan fingerprint density at radius 2 is 2.07 bits per heavy atom. The van der Waals surface area contributed by atoms with Crippen LogP contribution in [0.25, 0.3) is 0 Å². The van der Waals surface area contributed by atoms with Crippen LogP contribution in [0.1, 0.15) is 12.0 Å². The van der Waals surface area contributed by atoms with Crippen molar-refractivity contribution in [3.8, 4) is 0 Å². The molecule has 2 rings (SSSR count). The fraction of sp³-hybridized carbons (Fsp3) is 0.300. The van der Waals surface area contributed by atoms with E-state index >= 15 is 0 Å². The van der Waals surface area contributed by atoms with E-state index in [9.17, 15) is 4.79 Å². The summed E-state index contributed by atoms with van der Waals surface area (Å²) >= 11 is 0. The molecule has 0 radical (unpaired) electrons. The fourth-order valence-electron chi connectivity index (χ4n) is 1.48. The topological polar surface area (TPSA) is 45.6 Å². The van der Waals surface area contributed by atoms with Crippen molar-refractivity contribution in [1.82, 2.24) is 9.99 Å². The largest absolute Gasteiger partial charge is 0.297 e. The molecule has 0 saturated carbocycles. The van der Waals surface area contributed by atoms with Crippen LogP contribution < -0.4 is 0 Å². The number of rotatable bonds is 1. The van der Waals surface area contributed by atoms with Crippen molar-refractivity contribution in [2.45, 2.75) is 6.42 Å². The molecule has 1 aromatic rings. The first-order valence-corrected chi connectivity index (χ1v) is 4.46. The molecule has 4 nitrogen and oxygen atoms in total. The molecule has 0 atom stereocenters. The normalized spacial score (nSPS) is 16.8. The summed E-state index contributed by atoms with van der Waals surface area (Å²) < 4.78 is 0. The second-order valence-corrected chi connectivity index (χ2v) is 3.31. The van der Waals surface area contributed by atoms with Gasteiger partial charge in [0.1, 0.15) is 0 Å². The summed E-state index contributed by atoms with van der Waals surface area (Å²) in [5.74, 6) is 0.203. The maximum absolute atomic E-state index is 11.3. The second-order valence-electron chi connectivity index (χ2n) is 3.31. The van der Waals surface area contributed by atoms with Gasteiger partial charge in [-0.1, -0.05) is 0 Å². The molecule has 0 saturated heterocycles. The van der Waals surface area contributed by atoms with Gasteiger partial charge in [0.25, 0.3) is 0 Å². The molecule has 1 aromatic heterocycles. The van der Waals surface area contributed by atoms with Gasteiger partial charge in [0.2, 0.25) is 0 Å². The van der Waals surface area contributed by atoms with Crippen molar-refractivity contribution in [2.75, 3.05) is 13.6 Å². The minimum Gasteiger partial charge on any atom is -0.297 e. The number of pyridine rings is 1. The van der Waals surface area contributed by atoms with Gasteiger partial charge >= 0.3 is 0 Å². The van der Waals surface area contributed by atoms with E-state index in [0.29, 0.717) is 13.0 Å². The van der Waals surface area contributed by atoms with E-state index in [1.165, 1.54) is 0 Å². The van der Waals surface area contributed by atoms with Crippen LogP contribution in [-0.4, -0.2) is 35.1 Å². The second kappa shape index (κ2) is 3.57. The number of Topliss-reactive ketones (excluding diaryl/α,β-unsaturated/α-hetero) is 1. The number of likely N-dealkylation sites (N-methyl/N-ethyl adjacent to an activating group) is 1. The molecule has 0 unspecified atom stereocenters. The van der Waals surface area contributed by atoms with Gasteiger partial charge in [-0.2, -0.15) is 5.10 Å². The van der Waals surface area contributed by atoms with E-state index in [1.54, 1.807) is 24.5 Å². The van der Waals surface area contributed by atoms with Gasteiger partial charge in [0, 0.05) is 25.0 Å². The molecule has 0 spiro atoms. The predicted octanol–water partition coefficient (Wildman–Crippen LogP) is 0.690. The van der Waals surface area contributed by atoms with Crippen molar-refractivity contribution in [3.63, 3.8) is 0 Å². The Hall–Kier alpha value is -1.71. The lowest BCUT2D eigenvalue weighted by Crippen LogP contribution is -2.30. The molecule has 0 aromatic carbocycles. The molecule has 4 heteroatoms. The molecule has 72 valence electrons. The van der Waals surface area contributed by atoms with Gasteiger partial charge in [-0.3, -0.25) is 14.8 Å². The van der Waals surface area contributed by atoms with E-state index < -0.39 is 0 Å². The number of hydrogen-bond donors (Lipinski definition) is 0. The summed E-state index contributed by atoms with van der Waals surface area (Å²) in [6.07, 6.45) is 3.84. The molecular weight excluding hydrogens is 178 g/mol. The number of ketones is 1. The summed E-state index contributed by atoms with van der Waals surface area (Å²) in [6, 6.07) is 3.73. The average Bonchev–Trinajstić information content (AvgIpc) is 2.18. The Morgan fingerprint density at radius 1 is 1.36 bits per heavy atom.